The van der Waals surface area contributed by atoms with Gasteiger partial charge in [-0.25, -0.2) is 0 Å². The van der Waals surface area contributed by atoms with Crippen molar-refractivity contribution in [1.29, 1.82) is 0 Å². The molecule has 0 spiro atoms. The SMILES string of the molecule is N[C@H](CC1CC1)c1cc(OC(F)(F)F)ccc1O. The molecule has 18 heavy (non-hydrogen) atoms. The predicted octanol–water partition coefficient (Wildman–Crippen LogP) is 3.09. The van der Waals surface area contributed by atoms with E-state index in [4.69, 9.17) is 5.73 Å². The third-order valence-electron chi connectivity index (χ3n) is 2.92. The van der Waals surface area contributed by atoms with Gasteiger partial charge in [-0.1, -0.05) is 12.8 Å². The molecule has 3 nitrogen and oxygen atoms in total. The molecular formula is C12H14F3NO2. The van der Waals surface area contributed by atoms with Crippen LogP contribution in [0.3, 0.4) is 0 Å². The number of nitrogens with two attached hydrogens (primary N) is 1. The Hall–Kier alpha value is -1.43. The highest BCUT2D eigenvalue weighted by atomic mass is 19.4. The fourth-order valence-corrected chi connectivity index (χ4v) is 1.87. The van der Waals surface area contributed by atoms with E-state index in [9.17, 15) is 18.3 Å². The van der Waals surface area contributed by atoms with Gasteiger partial charge in [0.1, 0.15) is 11.5 Å². The van der Waals surface area contributed by atoms with E-state index in [1.807, 2.05) is 0 Å². The summed E-state index contributed by atoms with van der Waals surface area (Å²) in [6, 6.07) is 2.92. The van der Waals surface area contributed by atoms with Crippen molar-refractivity contribution < 1.29 is 23.0 Å². The summed E-state index contributed by atoms with van der Waals surface area (Å²) < 4.78 is 40.0. The molecule has 1 aliphatic rings. The zero-order valence-corrected chi connectivity index (χ0v) is 9.57. The van der Waals surface area contributed by atoms with Gasteiger partial charge in [-0.3, -0.25) is 0 Å². The summed E-state index contributed by atoms with van der Waals surface area (Å²) in [4.78, 5) is 0. The van der Waals surface area contributed by atoms with Crippen LogP contribution in [-0.4, -0.2) is 11.5 Å². The lowest BCUT2D eigenvalue weighted by atomic mass is 10.0. The molecule has 0 saturated heterocycles. The minimum atomic E-state index is -4.74. The Kier molecular flexibility index (Phi) is 3.38. The first-order valence-electron chi connectivity index (χ1n) is 5.69. The lowest BCUT2D eigenvalue weighted by Gasteiger charge is -2.15. The van der Waals surface area contributed by atoms with Crippen molar-refractivity contribution in [3.05, 3.63) is 23.8 Å². The van der Waals surface area contributed by atoms with E-state index < -0.39 is 12.4 Å². The Morgan fingerprint density at radius 1 is 1.39 bits per heavy atom. The van der Waals surface area contributed by atoms with Gasteiger partial charge < -0.3 is 15.6 Å². The summed E-state index contributed by atoms with van der Waals surface area (Å²) in [5.41, 5.74) is 6.17. The molecule has 0 amide bonds. The van der Waals surface area contributed by atoms with Gasteiger partial charge in [-0.2, -0.15) is 0 Å². The number of phenolic OH excluding ortho intramolecular Hbond substituents is 1. The third-order valence-corrected chi connectivity index (χ3v) is 2.92. The van der Waals surface area contributed by atoms with Crippen LogP contribution in [0.5, 0.6) is 11.5 Å². The van der Waals surface area contributed by atoms with Crippen LogP contribution in [-0.2, 0) is 0 Å². The molecule has 100 valence electrons. The smallest absolute Gasteiger partial charge is 0.508 e. The number of phenols is 1. The second-order valence-electron chi connectivity index (χ2n) is 4.55. The van der Waals surface area contributed by atoms with Crippen LogP contribution in [0.25, 0.3) is 0 Å². The zero-order chi connectivity index (χ0) is 13.3. The minimum Gasteiger partial charge on any atom is -0.508 e. The number of halogens is 3. The highest BCUT2D eigenvalue weighted by Crippen LogP contribution is 2.39. The quantitative estimate of drug-likeness (QED) is 0.875. The highest BCUT2D eigenvalue weighted by molar-refractivity contribution is 5.41. The Labute approximate surface area is 102 Å². The number of alkyl halides is 3. The Bertz CT molecular complexity index is 430. The van der Waals surface area contributed by atoms with Crippen molar-refractivity contribution in [2.45, 2.75) is 31.7 Å². The first kappa shape index (κ1) is 13.0. The molecule has 6 heteroatoms. The fraction of sp³-hybridized carbons (Fsp3) is 0.500. The molecule has 1 aromatic rings. The molecule has 0 aliphatic heterocycles. The summed E-state index contributed by atoms with van der Waals surface area (Å²) in [5, 5.41) is 9.62. The molecule has 0 bridgehead atoms. The number of aromatic hydroxyl groups is 1. The van der Waals surface area contributed by atoms with Gasteiger partial charge >= 0.3 is 6.36 Å². The Morgan fingerprint density at radius 3 is 2.61 bits per heavy atom. The molecule has 0 unspecified atom stereocenters. The van der Waals surface area contributed by atoms with Gasteiger partial charge in [0.2, 0.25) is 0 Å². The third kappa shape index (κ3) is 3.53. The standard InChI is InChI=1S/C12H14F3NO2/c13-12(14,15)18-8-3-4-11(17)9(6-8)10(16)5-7-1-2-7/h3-4,6-7,10,17H,1-2,5,16H2/t10-/m1/s1. The lowest BCUT2D eigenvalue weighted by molar-refractivity contribution is -0.274. The first-order valence-corrected chi connectivity index (χ1v) is 5.69. The second kappa shape index (κ2) is 4.68. The molecule has 1 fully saturated rings. The number of hydrogen-bond acceptors (Lipinski definition) is 3. The molecule has 1 aliphatic carbocycles. The van der Waals surface area contributed by atoms with Crippen molar-refractivity contribution in [2.24, 2.45) is 11.7 Å². The van der Waals surface area contributed by atoms with Crippen LogP contribution in [0, 0.1) is 5.92 Å². The number of benzene rings is 1. The van der Waals surface area contributed by atoms with Crippen LogP contribution in [0.4, 0.5) is 13.2 Å². The van der Waals surface area contributed by atoms with Crippen molar-refractivity contribution in [2.75, 3.05) is 0 Å². The molecule has 0 aromatic heterocycles. The maximum absolute atomic E-state index is 12.1. The summed E-state index contributed by atoms with van der Waals surface area (Å²) in [5.74, 6) is 0.0609. The van der Waals surface area contributed by atoms with Crippen molar-refractivity contribution in [1.82, 2.24) is 0 Å². The molecule has 0 radical (unpaired) electrons. The summed E-state index contributed by atoms with van der Waals surface area (Å²) in [7, 11) is 0. The van der Waals surface area contributed by atoms with Crippen molar-refractivity contribution >= 4 is 0 Å². The van der Waals surface area contributed by atoms with Crippen LogP contribution in [0.2, 0.25) is 0 Å². The molecular weight excluding hydrogens is 247 g/mol. The van der Waals surface area contributed by atoms with E-state index in [2.05, 4.69) is 4.74 Å². The number of hydrogen-bond donors (Lipinski definition) is 2. The van der Waals surface area contributed by atoms with E-state index in [0.717, 1.165) is 25.0 Å². The lowest BCUT2D eigenvalue weighted by Crippen LogP contribution is -2.18. The predicted molar refractivity (Wildman–Crippen MR) is 59.1 cm³/mol. The summed E-state index contributed by atoms with van der Waals surface area (Å²) >= 11 is 0. The topological polar surface area (TPSA) is 55.5 Å². The van der Waals surface area contributed by atoms with Gasteiger partial charge in [-0.15, -0.1) is 13.2 Å². The monoisotopic (exact) mass is 261 g/mol. The summed E-state index contributed by atoms with van der Waals surface area (Å²) in [6.07, 6.45) is -1.89. The van der Waals surface area contributed by atoms with Gasteiger partial charge in [0.05, 0.1) is 0 Å². The van der Waals surface area contributed by atoms with E-state index in [0.29, 0.717) is 17.9 Å². The Morgan fingerprint density at radius 2 is 2.06 bits per heavy atom. The zero-order valence-electron chi connectivity index (χ0n) is 9.57. The van der Waals surface area contributed by atoms with Gasteiger partial charge in [0.15, 0.2) is 0 Å². The minimum absolute atomic E-state index is 0.0994. The van der Waals surface area contributed by atoms with Crippen molar-refractivity contribution in [3.63, 3.8) is 0 Å². The second-order valence-corrected chi connectivity index (χ2v) is 4.55. The largest absolute Gasteiger partial charge is 0.573 e. The number of rotatable bonds is 4. The average molecular weight is 261 g/mol. The maximum Gasteiger partial charge on any atom is 0.573 e. The average Bonchev–Trinajstić information content (AvgIpc) is 3.02. The van der Waals surface area contributed by atoms with Gasteiger partial charge in [0, 0.05) is 11.6 Å². The summed E-state index contributed by atoms with van der Waals surface area (Å²) in [6.45, 7) is 0. The van der Waals surface area contributed by atoms with Crippen molar-refractivity contribution in [3.8, 4) is 11.5 Å². The maximum atomic E-state index is 12.1. The van der Waals surface area contributed by atoms with Crippen LogP contribution >= 0.6 is 0 Å². The fourth-order valence-electron chi connectivity index (χ4n) is 1.87. The van der Waals surface area contributed by atoms with E-state index in [1.54, 1.807) is 0 Å². The highest BCUT2D eigenvalue weighted by Gasteiger charge is 2.32. The molecule has 2 rings (SSSR count). The van der Waals surface area contributed by atoms with E-state index in [1.165, 1.54) is 6.07 Å². The first-order chi connectivity index (χ1) is 8.35. The van der Waals surface area contributed by atoms with Crippen LogP contribution in [0.1, 0.15) is 30.9 Å². The van der Waals surface area contributed by atoms with Crippen LogP contribution in [0.15, 0.2) is 18.2 Å². The normalized spacial score (nSPS) is 17.6. The number of ether oxygens (including phenoxy) is 1. The Balaban J connectivity index is 2.14. The molecule has 1 saturated carbocycles. The molecule has 1 aromatic carbocycles. The molecule has 0 heterocycles. The van der Waals surface area contributed by atoms with E-state index >= 15 is 0 Å². The van der Waals surface area contributed by atoms with E-state index in [-0.39, 0.29) is 11.5 Å². The molecule has 1 atom stereocenters. The van der Waals surface area contributed by atoms with Gasteiger partial charge in [-0.05, 0) is 30.5 Å². The van der Waals surface area contributed by atoms with Crippen LogP contribution < -0.4 is 10.5 Å². The van der Waals surface area contributed by atoms with Gasteiger partial charge in [0.25, 0.3) is 0 Å². The molecule has 3 N–H and O–H groups in total.